The molecule has 0 spiro atoms. The van der Waals surface area contributed by atoms with Crippen molar-refractivity contribution >= 4 is 11.9 Å². The quantitative estimate of drug-likeness (QED) is 0.624. The second kappa shape index (κ2) is 2.48. The predicted molar refractivity (Wildman–Crippen MR) is 41.3 cm³/mol. The van der Waals surface area contributed by atoms with Crippen molar-refractivity contribution in [3.63, 3.8) is 0 Å². The lowest BCUT2D eigenvalue weighted by Crippen LogP contribution is -2.50. The van der Waals surface area contributed by atoms with Crippen LogP contribution in [-0.4, -0.2) is 28.1 Å². The first kappa shape index (κ1) is 8.10. The molecule has 0 bridgehead atoms. The molecular formula is C8H9NO4. The highest BCUT2D eigenvalue weighted by Gasteiger charge is 2.49. The number of carbonyl (C=O) groups is 2. The van der Waals surface area contributed by atoms with Crippen LogP contribution in [0.1, 0.15) is 19.8 Å². The van der Waals surface area contributed by atoms with E-state index in [4.69, 9.17) is 9.84 Å². The van der Waals surface area contributed by atoms with Crippen LogP contribution in [0, 0.1) is 0 Å². The van der Waals surface area contributed by atoms with Gasteiger partial charge in [0.25, 0.3) is 0 Å². The van der Waals surface area contributed by atoms with Gasteiger partial charge >= 0.3 is 5.97 Å². The van der Waals surface area contributed by atoms with Crippen LogP contribution in [0.25, 0.3) is 0 Å². The molecule has 2 aliphatic heterocycles. The fourth-order valence-corrected chi connectivity index (χ4v) is 1.58. The molecule has 1 N–H and O–H groups in total. The number of allylic oxidation sites excluding steroid dienone is 1. The first-order valence-corrected chi connectivity index (χ1v) is 4.10. The average Bonchev–Trinajstić information content (AvgIpc) is 2.37. The van der Waals surface area contributed by atoms with Crippen molar-refractivity contribution in [3.05, 3.63) is 11.5 Å². The second-order valence-corrected chi connectivity index (χ2v) is 2.97. The maximum Gasteiger partial charge on any atom is 0.356 e. The van der Waals surface area contributed by atoms with E-state index < -0.39 is 5.97 Å². The fraction of sp³-hybridized carbons (Fsp3) is 0.500. The Kier molecular flexibility index (Phi) is 1.55. The number of carboxylic acid groups (broad SMARTS) is 1. The molecule has 1 saturated heterocycles. The normalized spacial score (nSPS) is 25.5. The number of hydrogen-bond donors (Lipinski definition) is 1. The van der Waals surface area contributed by atoms with Crippen molar-refractivity contribution < 1.29 is 19.4 Å². The molecule has 13 heavy (non-hydrogen) atoms. The van der Waals surface area contributed by atoms with Gasteiger partial charge in [0.15, 0.2) is 11.9 Å². The Morgan fingerprint density at radius 3 is 2.92 bits per heavy atom. The van der Waals surface area contributed by atoms with Gasteiger partial charge in [-0.2, -0.15) is 0 Å². The van der Waals surface area contributed by atoms with Crippen LogP contribution in [0.4, 0.5) is 0 Å². The molecule has 0 saturated carbocycles. The standard InChI is InChI=1S/C8H9NO4/c1-2-4-7(8(11)12)9-5(10)3-6(9)13-4/h6H,2-3H2,1H3,(H,11,12). The molecule has 1 unspecified atom stereocenters. The minimum absolute atomic E-state index is 0.0174. The van der Waals surface area contributed by atoms with E-state index in [1.54, 1.807) is 6.92 Å². The van der Waals surface area contributed by atoms with Gasteiger partial charge in [-0.25, -0.2) is 4.79 Å². The van der Waals surface area contributed by atoms with Gasteiger partial charge in [-0.1, -0.05) is 6.92 Å². The molecule has 2 aliphatic rings. The molecule has 70 valence electrons. The van der Waals surface area contributed by atoms with Gasteiger partial charge in [-0.3, -0.25) is 9.69 Å². The third kappa shape index (κ3) is 0.929. The monoisotopic (exact) mass is 183 g/mol. The lowest BCUT2D eigenvalue weighted by atomic mass is 10.1. The fourth-order valence-electron chi connectivity index (χ4n) is 1.58. The SMILES string of the molecule is CCC1=C(C(=O)O)N2C(=O)CC2O1. The van der Waals surface area contributed by atoms with Crippen LogP contribution >= 0.6 is 0 Å². The third-order valence-corrected chi connectivity index (χ3v) is 2.21. The van der Waals surface area contributed by atoms with Crippen molar-refractivity contribution in [1.29, 1.82) is 0 Å². The first-order chi connectivity index (χ1) is 6.15. The highest BCUT2D eigenvalue weighted by atomic mass is 16.5. The zero-order valence-corrected chi connectivity index (χ0v) is 7.11. The molecule has 0 aliphatic carbocycles. The summed E-state index contributed by atoms with van der Waals surface area (Å²) in [4.78, 5) is 23.0. The summed E-state index contributed by atoms with van der Waals surface area (Å²) in [5.41, 5.74) is 0.0174. The van der Waals surface area contributed by atoms with Gasteiger partial charge in [0, 0.05) is 6.42 Å². The molecule has 0 aromatic carbocycles. The van der Waals surface area contributed by atoms with E-state index in [1.165, 1.54) is 4.90 Å². The number of fused-ring (bicyclic) bond motifs is 1. The number of carbonyl (C=O) groups excluding carboxylic acids is 1. The van der Waals surface area contributed by atoms with Crippen molar-refractivity contribution in [1.82, 2.24) is 4.90 Å². The van der Waals surface area contributed by atoms with Crippen molar-refractivity contribution in [2.24, 2.45) is 0 Å². The third-order valence-electron chi connectivity index (χ3n) is 2.21. The largest absolute Gasteiger partial charge is 0.476 e. The Bertz CT molecular complexity index is 320. The predicted octanol–water partition coefficient (Wildman–Crippen LogP) is 0.281. The Morgan fingerprint density at radius 1 is 1.77 bits per heavy atom. The molecule has 1 fully saturated rings. The lowest BCUT2D eigenvalue weighted by molar-refractivity contribution is -0.158. The number of rotatable bonds is 2. The number of nitrogens with zero attached hydrogens (tertiary/aromatic N) is 1. The van der Waals surface area contributed by atoms with E-state index in [1.807, 2.05) is 0 Å². The van der Waals surface area contributed by atoms with Crippen LogP contribution in [0.5, 0.6) is 0 Å². The number of ether oxygens (including phenoxy) is 1. The molecule has 1 atom stereocenters. The second-order valence-electron chi connectivity index (χ2n) is 2.97. The number of amides is 1. The molecule has 0 aromatic rings. The van der Waals surface area contributed by atoms with Crippen LogP contribution in [0.3, 0.4) is 0 Å². The highest BCUT2D eigenvalue weighted by Crippen LogP contribution is 2.36. The molecule has 0 radical (unpaired) electrons. The minimum atomic E-state index is -1.09. The lowest BCUT2D eigenvalue weighted by Gasteiger charge is -2.32. The summed E-state index contributed by atoms with van der Waals surface area (Å²) in [6.07, 6.45) is 0.441. The Labute approximate surface area is 74.6 Å². The van der Waals surface area contributed by atoms with Crippen molar-refractivity contribution in [2.45, 2.75) is 26.0 Å². The number of aliphatic carboxylic acids is 1. The van der Waals surface area contributed by atoms with Gasteiger partial charge < -0.3 is 9.84 Å². The van der Waals surface area contributed by atoms with Gasteiger partial charge in [0.05, 0.1) is 6.42 Å². The van der Waals surface area contributed by atoms with Crippen LogP contribution in [0.15, 0.2) is 11.5 Å². The summed E-state index contributed by atoms with van der Waals surface area (Å²) in [6, 6.07) is 0. The summed E-state index contributed by atoms with van der Waals surface area (Å²) in [5, 5.41) is 8.82. The zero-order chi connectivity index (χ0) is 9.59. The van der Waals surface area contributed by atoms with E-state index in [-0.39, 0.29) is 17.8 Å². The van der Waals surface area contributed by atoms with Crippen molar-refractivity contribution in [3.8, 4) is 0 Å². The van der Waals surface area contributed by atoms with Crippen LogP contribution in [0.2, 0.25) is 0 Å². The van der Waals surface area contributed by atoms with E-state index in [9.17, 15) is 9.59 Å². The van der Waals surface area contributed by atoms with Crippen molar-refractivity contribution in [2.75, 3.05) is 0 Å². The first-order valence-electron chi connectivity index (χ1n) is 4.10. The Hall–Kier alpha value is -1.52. The number of hydrogen-bond acceptors (Lipinski definition) is 3. The van der Waals surface area contributed by atoms with E-state index in [0.29, 0.717) is 18.6 Å². The smallest absolute Gasteiger partial charge is 0.356 e. The van der Waals surface area contributed by atoms with Gasteiger partial charge in [0.1, 0.15) is 5.76 Å². The van der Waals surface area contributed by atoms with Crippen LogP contribution in [-0.2, 0) is 14.3 Å². The maximum atomic E-state index is 11.0. The van der Waals surface area contributed by atoms with Gasteiger partial charge in [-0.15, -0.1) is 0 Å². The molecule has 2 heterocycles. The molecule has 5 nitrogen and oxygen atoms in total. The Morgan fingerprint density at radius 2 is 2.46 bits per heavy atom. The summed E-state index contributed by atoms with van der Waals surface area (Å²) in [7, 11) is 0. The summed E-state index contributed by atoms with van der Waals surface area (Å²) in [6.45, 7) is 1.80. The zero-order valence-electron chi connectivity index (χ0n) is 7.11. The van der Waals surface area contributed by atoms with Gasteiger partial charge in [0.2, 0.25) is 5.91 Å². The highest BCUT2D eigenvalue weighted by molar-refractivity contribution is 5.97. The average molecular weight is 183 g/mol. The summed E-state index contributed by atoms with van der Waals surface area (Å²) in [5.74, 6) is -0.860. The van der Waals surface area contributed by atoms with E-state index in [0.717, 1.165) is 0 Å². The summed E-state index contributed by atoms with van der Waals surface area (Å²) < 4.78 is 5.26. The number of β-lactam (4-membered cyclic amide) rings is 1. The topological polar surface area (TPSA) is 66.8 Å². The van der Waals surface area contributed by atoms with E-state index >= 15 is 0 Å². The molecule has 0 aromatic heterocycles. The summed E-state index contributed by atoms with van der Waals surface area (Å²) >= 11 is 0. The Balaban J connectivity index is 2.34. The molecule has 2 rings (SSSR count). The maximum absolute atomic E-state index is 11.0. The molecule has 5 heteroatoms. The molecular weight excluding hydrogens is 174 g/mol. The van der Waals surface area contributed by atoms with E-state index in [2.05, 4.69) is 0 Å². The minimum Gasteiger partial charge on any atom is -0.476 e. The van der Waals surface area contributed by atoms with Gasteiger partial charge in [-0.05, 0) is 0 Å². The van der Waals surface area contributed by atoms with Crippen LogP contribution < -0.4 is 0 Å². The molecule has 1 amide bonds. The number of carboxylic acids is 1.